The van der Waals surface area contributed by atoms with Gasteiger partial charge in [0.05, 0.1) is 10.4 Å². The first-order valence-electron chi connectivity index (χ1n) is 10.9. The highest BCUT2D eigenvalue weighted by Crippen LogP contribution is 2.41. The number of rotatable bonds is 2. The highest BCUT2D eigenvalue weighted by molar-refractivity contribution is 7.19. The Labute approximate surface area is 191 Å². The van der Waals surface area contributed by atoms with Crippen molar-refractivity contribution in [2.24, 2.45) is 0 Å². The minimum Gasteiger partial charge on any atom is -0.454 e. The Bertz CT molecular complexity index is 1650. The molecular weight excluding hydrogens is 410 g/mol. The van der Waals surface area contributed by atoms with E-state index in [0.29, 0.717) is 0 Å². The fourth-order valence-electron chi connectivity index (χ4n) is 4.89. The van der Waals surface area contributed by atoms with E-state index >= 15 is 0 Å². The number of furan rings is 1. The van der Waals surface area contributed by atoms with Gasteiger partial charge in [-0.05, 0) is 79.6 Å². The third-order valence-electron chi connectivity index (χ3n) is 6.41. The van der Waals surface area contributed by atoms with Crippen molar-refractivity contribution < 1.29 is 4.42 Å². The summed E-state index contributed by atoms with van der Waals surface area (Å²) in [5.41, 5.74) is 10.1. The molecule has 0 spiro atoms. The molecule has 2 nitrogen and oxygen atoms in total. The van der Waals surface area contributed by atoms with Crippen LogP contribution < -0.4 is 0 Å². The van der Waals surface area contributed by atoms with Crippen LogP contribution in [0.15, 0.2) is 71.3 Å². The number of pyridine rings is 1. The summed E-state index contributed by atoms with van der Waals surface area (Å²) in [6.45, 7) is 8.65. The molecule has 0 amide bonds. The van der Waals surface area contributed by atoms with Gasteiger partial charge in [0.25, 0.3) is 0 Å². The van der Waals surface area contributed by atoms with Crippen molar-refractivity contribution in [3.63, 3.8) is 0 Å². The topological polar surface area (TPSA) is 26.0 Å². The molecule has 0 saturated heterocycles. The smallest absolute Gasteiger partial charge is 0.153 e. The quantitative estimate of drug-likeness (QED) is 0.273. The monoisotopic (exact) mass is 433 g/mol. The molecule has 0 aliphatic carbocycles. The van der Waals surface area contributed by atoms with Gasteiger partial charge in [0.2, 0.25) is 0 Å². The number of para-hydroxylation sites is 1. The van der Waals surface area contributed by atoms with E-state index in [1.54, 1.807) is 11.3 Å². The predicted molar refractivity (Wildman–Crippen MR) is 137 cm³/mol. The van der Waals surface area contributed by atoms with Crippen LogP contribution in [0.3, 0.4) is 0 Å². The number of nitrogens with zero attached hydrogens (tertiary/aromatic N) is 1. The van der Waals surface area contributed by atoms with Crippen LogP contribution in [0.1, 0.15) is 21.6 Å². The standard InChI is InChI=1S/C29H23NOS/c1-16-7-5-8-17(2)26(16)24-15-30-25(13-18(24)3)23-10-6-9-21-22-12-11-20-14-19(4)32-29(20)28(22)31-27(21)23/h5-15H,1-4H3. The lowest BCUT2D eigenvalue weighted by molar-refractivity contribution is 0.674. The Balaban J connectivity index is 1.57. The molecule has 0 fully saturated rings. The second kappa shape index (κ2) is 7.04. The van der Waals surface area contributed by atoms with Crippen LogP contribution in [0.25, 0.3) is 54.4 Å². The van der Waals surface area contributed by atoms with Crippen LogP contribution in [0, 0.1) is 27.7 Å². The molecule has 32 heavy (non-hydrogen) atoms. The number of benzene rings is 3. The number of hydrogen-bond acceptors (Lipinski definition) is 3. The maximum Gasteiger partial charge on any atom is 0.153 e. The van der Waals surface area contributed by atoms with Crippen molar-refractivity contribution in [3.8, 4) is 22.4 Å². The lowest BCUT2D eigenvalue weighted by Crippen LogP contribution is -1.94. The number of fused-ring (bicyclic) bond motifs is 5. The predicted octanol–water partition coefficient (Wildman–Crippen LogP) is 8.76. The Morgan fingerprint density at radius 1 is 0.719 bits per heavy atom. The summed E-state index contributed by atoms with van der Waals surface area (Å²) in [6, 6.07) is 21.6. The average Bonchev–Trinajstić information content (AvgIpc) is 3.34. The summed E-state index contributed by atoms with van der Waals surface area (Å²) >= 11 is 1.79. The molecule has 0 radical (unpaired) electrons. The normalized spacial score (nSPS) is 11.8. The highest BCUT2D eigenvalue weighted by atomic mass is 32.1. The molecule has 0 aliphatic rings. The largest absolute Gasteiger partial charge is 0.454 e. The van der Waals surface area contributed by atoms with E-state index in [9.17, 15) is 0 Å². The Morgan fingerprint density at radius 3 is 2.25 bits per heavy atom. The molecule has 0 atom stereocenters. The number of hydrogen-bond donors (Lipinski definition) is 0. The third kappa shape index (κ3) is 2.81. The summed E-state index contributed by atoms with van der Waals surface area (Å²) in [5.74, 6) is 0. The summed E-state index contributed by atoms with van der Waals surface area (Å²) in [7, 11) is 0. The summed E-state index contributed by atoms with van der Waals surface area (Å²) in [4.78, 5) is 6.20. The third-order valence-corrected chi connectivity index (χ3v) is 7.48. The SMILES string of the molecule is Cc1cc2ccc3c4cccc(-c5cc(C)c(-c6c(C)cccc6C)cn5)c4oc3c2s1. The lowest BCUT2D eigenvalue weighted by Gasteiger charge is -2.13. The highest BCUT2D eigenvalue weighted by Gasteiger charge is 2.17. The Morgan fingerprint density at radius 2 is 1.47 bits per heavy atom. The molecule has 0 unspecified atom stereocenters. The number of aryl methyl sites for hydroxylation is 4. The molecule has 0 N–H and O–H groups in total. The zero-order valence-electron chi connectivity index (χ0n) is 18.6. The summed E-state index contributed by atoms with van der Waals surface area (Å²) in [5, 5.41) is 3.55. The van der Waals surface area contributed by atoms with Gasteiger partial charge in [0.1, 0.15) is 5.58 Å². The zero-order chi connectivity index (χ0) is 22.0. The first-order chi connectivity index (χ1) is 15.5. The molecule has 0 aliphatic heterocycles. The summed E-state index contributed by atoms with van der Waals surface area (Å²) < 4.78 is 7.75. The van der Waals surface area contributed by atoms with E-state index in [-0.39, 0.29) is 0 Å². The van der Waals surface area contributed by atoms with Crippen LogP contribution >= 0.6 is 11.3 Å². The van der Waals surface area contributed by atoms with Gasteiger partial charge in [-0.3, -0.25) is 4.98 Å². The van der Waals surface area contributed by atoms with Gasteiger partial charge in [-0.2, -0.15) is 0 Å². The molecule has 156 valence electrons. The molecule has 6 aromatic rings. The Kier molecular flexibility index (Phi) is 4.24. The molecule has 3 heterocycles. The fraction of sp³-hybridized carbons (Fsp3) is 0.138. The minimum atomic E-state index is 0.910. The van der Waals surface area contributed by atoms with E-state index in [4.69, 9.17) is 9.40 Å². The molecular formula is C29H23NOS. The maximum atomic E-state index is 6.53. The van der Waals surface area contributed by atoms with Crippen molar-refractivity contribution in [1.29, 1.82) is 0 Å². The van der Waals surface area contributed by atoms with Gasteiger partial charge < -0.3 is 4.42 Å². The molecule has 3 aromatic carbocycles. The summed E-state index contributed by atoms with van der Waals surface area (Å²) in [6.07, 6.45) is 2.02. The van der Waals surface area contributed by atoms with Crippen molar-refractivity contribution >= 4 is 43.4 Å². The number of thiophene rings is 1. The Hall–Kier alpha value is -3.43. The number of aromatic nitrogens is 1. The van der Waals surface area contributed by atoms with Crippen molar-refractivity contribution in [3.05, 3.63) is 88.4 Å². The average molecular weight is 434 g/mol. The fourth-order valence-corrected chi connectivity index (χ4v) is 5.88. The van der Waals surface area contributed by atoms with E-state index < -0.39 is 0 Å². The van der Waals surface area contributed by atoms with E-state index in [2.05, 4.69) is 88.4 Å². The van der Waals surface area contributed by atoms with Crippen LogP contribution in [0.2, 0.25) is 0 Å². The molecule has 0 bridgehead atoms. The van der Waals surface area contributed by atoms with Crippen molar-refractivity contribution in [2.75, 3.05) is 0 Å². The van der Waals surface area contributed by atoms with Gasteiger partial charge in [-0.1, -0.05) is 36.4 Å². The van der Waals surface area contributed by atoms with Crippen molar-refractivity contribution in [1.82, 2.24) is 4.98 Å². The second-order valence-electron chi connectivity index (χ2n) is 8.65. The first-order valence-corrected chi connectivity index (χ1v) is 11.7. The van der Waals surface area contributed by atoms with E-state index in [1.807, 2.05) is 6.20 Å². The van der Waals surface area contributed by atoms with Gasteiger partial charge in [-0.15, -0.1) is 11.3 Å². The lowest BCUT2D eigenvalue weighted by atomic mass is 9.93. The van der Waals surface area contributed by atoms with E-state index in [0.717, 1.165) is 27.8 Å². The maximum absolute atomic E-state index is 6.53. The van der Waals surface area contributed by atoms with Crippen LogP contribution in [0.5, 0.6) is 0 Å². The minimum absolute atomic E-state index is 0.910. The van der Waals surface area contributed by atoms with Gasteiger partial charge in [0, 0.05) is 33.0 Å². The van der Waals surface area contributed by atoms with Crippen LogP contribution in [0.4, 0.5) is 0 Å². The molecule has 3 heteroatoms. The molecule has 6 rings (SSSR count). The second-order valence-corrected chi connectivity index (χ2v) is 9.91. The molecule has 0 saturated carbocycles. The first kappa shape index (κ1) is 19.3. The van der Waals surface area contributed by atoms with E-state index in [1.165, 1.54) is 48.2 Å². The van der Waals surface area contributed by atoms with Crippen molar-refractivity contribution in [2.45, 2.75) is 27.7 Å². The van der Waals surface area contributed by atoms with Gasteiger partial charge >= 0.3 is 0 Å². The van der Waals surface area contributed by atoms with Crippen LogP contribution in [-0.4, -0.2) is 4.98 Å². The molecule has 3 aromatic heterocycles. The van der Waals surface area contributed by atoms with Gasteiger partial charge in [-0.25, -0.2) is 0 Å². The van der Waals surface area contributed by atoms with Crippen LogP contribution in [-0.2, 0) is 0 Å². The zero-order valence-corrected chi connectivity index (χ0v) is 19.4. The van der Waals surface area contributed by atoms with Gasteiger partial charge in [0.15, 0.2) is 5.58 Å².